The summed E-state index contributed by atoms with van der Waals surface area (Å²) < 4.78 is 32.9. The third kappa shape index (κ3) is 5.44. The molecule has 0 atom stereocenters. The molecular formula is C21H19BrN2O4S. The molecule has 3 aromatic carbocycles. The number of carbonyl (C=O) groups excluding carboxylic acids is 1. The Morgan fingerprint density at radius 2 is 1.59 bits per heavy atom. The molecule has 29 heavy (non-hydrogen) atoms. The van der Waals surface area contributed by atoms with Crippen LogP contribution in [0.3, 0.4) is 0 Å². The lowest BCUT2D eigenvalue weighted by atomic mass is 10.3. The highest BCUT2D eigenvalue weighted by molar-refractivity contribution is 9.10. The van der Waals surface area contributed by atoms with E-state index in [1.165, 1.54) is 19.2 Å². The van der Waals surface area contributed by atoms with E-state index in [2.05, 4.69) is 21.2 Å². The summed E-state index contributed by atoms with van der Waals surface area (Å²) in [5, 5.41) is 2.72. The van der Waals surface area contributed by atoms with E-state index < -0.39 is 15.9 Å². The highest BCUT2D eigenvalue weighted by Crippen LogP contribution is 2.29. The average Bonchev–Trinajstić information content (AvgIpc) is 2.70. The van der Waals surface area contributed by atoms with E-state index in [-0.39, 0.29) is 11.4 Å². The first-order valence-corrected chi connectivity index (χ1v) is 10.9. The molecule has 0 aromatic heterocycles. The number of carbonyl (C=O) groups is 1. The fourth-order valence-electron chi connectivity index (χ4n) is 2.54. The molecule has 150 valence electrons. The molecule has 0 unspecified atom stereocenters. The molecule has 3 rings (SSSR count). The molecule has 0 fully saturated rings. The zero-order chi connectivity index (χ0) is 20.9. The number of nitrogens with zero attached hydrogens (tertiary/aromatic N) is 1. The van der Waals surface area contributed by atoms with Crippen molar-refractivity contribution in [2.45, 2.75) is 4.90 Å². The van der Waals surface area contributed by atoms with Crippen molar-refractivity contribution < 1.29 is 17.9 Å². The van der Waals surface area contributed by atoms with Crippen molar-refractivity contribution in [2.24, 2.45) is 0 Å². The number of likely N-dealkylation sites (N-methyl/N-ethyl adjacent to an activating group) is 1. The molecule has 0 saturated heterocycles. The van der Waals surface area contributed by atoms with E-state index in [1.807, 2.05) is 18.2 Å². The lowest BCUT2D eigenvalue weighted by Gasteiger charge is -2.18. The van der Waals surface area contributed by atoms with Crippen LogP contribution in [0.15, 0.2) is 88.2 Å². The van der Waals surface area contributed by atoms with Gasteiger partial charge in [0.05, 0.1) is 17.1 Å². The van der Waals surface area contributed by atoms with Gasteiger partial charge >= 0.3 is 0 Å². The van der Waals surface area contributed by atoms with Crippen LogP contribution in [0.2, 0.25) is 0 Å². The largest absolute Gasteiger partial charge is 0.455 e. The second kappa shape index (κ2) is 9.21. The van der Waals surface area contributed by atoms with Crippen LogP contribution < -0.4 is 10.1 Å². The first kappa shape index (κ1) is 21.0. The summed E-state index contributed by atoms with van der Waals surface area (Å²) in [4.78, 5) is 12.6. The van der Waals surface area contributed by atoms with Gasteiger partial charge in [0.2, 0.25) is 15.9 Å². The van der Waals surface area contributed by atoms with E-state index >= 15 is 0 Å². The minimum Gasteiger partial charge on any atom is -0.455 e. The Balaban J connectivity index is 1.70. The van der Waals surface area contributed by atoms with Crippen LogP contribution in [0.1, 0.15) is 0 Å². The third-order valence-electron chi connectivity index (χ3n) is 4.02. The van der Waals surface area contributed by atoms with Gasteiger partial charge in [-0.1, -0.05) is 46.3 Å². The highest BCUT2D eigenvalue weighted by Gasteiger charge is 2.23. The molecule has 0 aliphatic carbocycles. The first-order valence-electron chi connectivity index (χ1n) is 8.70. The molecule has 0 aliphatic rings. The van der Waals surface area contributed by atoms with E-state index in [4.69, 9.17) is 4.74 Å². The second-order valence-electron chi connectivity index (χ2n) is 6.17. The number of sulfonamides is 1. The molecule has 0 radical (unpaired) electrons. The van der Waals surface area contributed by atoms with Gasteiger partial charge in [-0.25, -0.2) is 8.42 Å². The SMILES string of the molecule is CN(CC(=O)Nc1ccccc1Oc1ccccc1)S(=O)(=O)c1ccc(Br)cc1. The Morgan fingerprint density at radius 3 is 2.28 bits per heavy atom. The Morgan fingerprint density at radius 1 is 0.966 bits per heavy atom. The third-order valence-corrected chi connectivity index (χ3v) is 6.37. The maximum Gasteiger partial charge on any atom is 0.243 e. The number of benzene rings is 3. The van der Waals surface area contributed by atoms with Crippen molar-refractivity contribution >= 4 is 37.5 Å². The number of anilines is 1. The van der Waals surface area contributed by atoms with Gasteiger partial charge in [0, 0.05) is 11.5 Å². The van der Waals surface area contributed by atoms with Gasteiger partial charge < -0.3 is 10.1 Å². The molecule has 0 heterocycles. The predicted molar refractivity (Wildman–Crippen MR) is 116 cm³/mol. The molecule has 1 amide bonds. The van der Waals surface area contributed by atoms with Crippen LogP contribution in [0.5, 0.6) is 11.5 Å². The number of nitrogens with one attached hydrogen (secondary N) is 1. The molecule has 0 saturated carbocycles. The lowest BCUT2D eigenvalue weighted by molar-refractivity contribution is -0.116. The molecule has 1 N–H and O–H groups in total. The van der Waals surface area contributed by atoms with Gasteiger partial charge in [-0.3, -0.25) is 4.79 Å². The predicted octanol–water partition coefficient (Wildman–Crippen LogP) is 4.50. The molecule has 0 spiro atoms. The van der Waals surface area contributed by atoms with E-state index in [9.17, 15) is 13.2 Å². The van der Waals surface area contributed by atoms with Crippen LogP contribution >= 0.6 is 15.9 Å². The highest BCUT2D eigenvalue weighted by atomic mass is 79.9. The molecular weight excluding hydrogens is 456 g/mol. The fraction of sp³-hybridized carbons (Fsp3) is 0.0952. The molecule has 6 nitrogen and oxygen atoms in total. The van der Waals surface area contributed by atoms with E-state index in [0.717, 1.165) is 8.78 Å². The van der Waals surface area contributed by atoms with Crippen molar-refractivity contribution in [3.63, 3.8) is 0 Å². The Kier molecular flexibility index (Phi) is 6.68. The monoisotopic (exact) mass is 474 g/mol. The number of halogens is 1. The van der Waals surface area contributed by atoms with Gasteiger partial charge in [0.15, 0.2) is 5.75 Å². The number of hydrogen-bond donors (Lipinski definition) is 1. The molecule has 0 aliphatic heterocycles. The van der Waals surface area contributed by atoms with Crippen molar-refractivity contribution in [2.75, 3.05) is 18.9 Å². The standard InChI is InChI=1S/C21H19BrN2O4S/c1-24(29(26,27)18-13-11-16(22)12-14-18)15-21(25)23-19-9-5-6-10-20(19)28-17-7-3-2-4-8-17/h2-14H,15H2,1H3,(H,23,25). The molecule has 0 bridgehead atoms. The minimum absolute atomic E-state index is 0.115. The van der Waals surface area contributed by atoms with Gasteiger partial charge in [0.1, 0.15) is 5.75 Å². The maximum atomic E-state index is 12.6. The second-order valence-corrected chi connectivity index (χ2v) is 9.14. The Bertz CT molecular complexity index is 1090. The van der Waals surface area contributed by atoms with Gasteiger partial charge in [-0.2, -0.15) is 4.31 Å². The zero-order valence-corrected chi connectivity index (χ0v) is 18.0. The number of rotatable bonds is 7. The normalized spacial score (nSPS) is 11.3. The van der Waals surface area contributed by atoms with Crippen LogP contribution in [0.25, 0.3) is 0 Å². The average molecular weight is 475 g/mol. The Hall–Kier alpha value is -2.68. The van der Waals surface area contributed by atoms with Crippen LogP contribution in [-0.4, -0.2) is 32.2 Å². The van der Waals surface area contributed by atoms with Crippen molar-refractivity contribution in [3.8, 4) is 11.5 Å². The summed E-state index contributed by atoms with van der Waals surface area (Å²) in [6.45, 7) is -0.335. The van der Waals surface area contributed by atoms with Crippen LogP contribution in [0, 0.1) is 0 Å². The smallest absolute Gasteiger partial charge is 0.243 e. The topological polar surface area (TPSA) is 75.7 Å². The van der Waals surface area contributed by atoms with Crippen molar-refractivity contribution in [1.29, 1.82) is 0 Å². The van der Waals surface area contributed by atoms with Gasteiger partial charge in [-0.15, -0.1) is 0 Å². The summed E-state index contributed by atoms with van der Waals surface area (Å²) in [6.07, 6.45) is 0. The van der Waals surface area contributed by atoms with E-state index in [0.29, 0.717) is 17.2 Å². The quantitative estimate of drug-likeness (QED) is 0.546. The van der Waals surface area contributed by atoms with Crippen molar-refractivity contribution in [3.05, 3.63) is 83.3 Å². The Labute approximate surface area is 178 Å². The zero-order valence-electron chi connectivity index (χ0n) is 15.6. The number of hydrogen-bond acceptors (Lipinski definition) is 4. The summed E-state index contributed by atoms with van der Waals surface area (Å²) in [6, 6.07) is 22.4. The number of para-hydroxylation sites is 3. The van der Waals surface area contributed by atoms with Crippen LogP contribution in [-0.2, 0) is 14.8 Å². The lowest BCUT2D eigenvalue weighted by Crippen LogP contribution is -2.35. The van der Waals surface area contributed by atoms with Crippen LogP contribution in [0.4, 0.5) is 5.69 Å². The van der Waals surface area contributed by atoms with Crippen molar-refractivity contribution in [1.82, 2.24) is 4.31 Å². The molecule has 8 heteroatoms. The fourth-order valence-corrected chi connectivity index (χ4v) is 3.93. The molecule has 3 aromatic rings. The summed E-state index contributed by atoms with van der Waals surface area (Å²) in [5.41, 5.74) is 0.454. The minimum atomic E-state index is -3.78. The number of ether oxygens (including phenoxy) is 1. The van der Waals surface area contributed by atoms with Gasteiger partial charge in [0.25, 0.3) is 0 Å². The summed E-state index contributed by atoms with van der Waals surface area (Å²) in [5.74, 6) is 0.618. The summed E-state index contributed by atoms with van der Waals surface area (Å²) in [7, 11) is -2.42. The maximum absolute atomic E-state index is 12.6. The number of amides is 1. The first-order chi connectivity index (χ1) is 13.9. The van der Waals surface area contributed by atoms with E-state index in [1.54, 1.807) is 48.5 Å². The van der Waals surface area contributed by atoms with Gasteiger partial charge in [-0.05, 0) is 48.5 Å². The summed E-state index contributed by atoms with van der Waals surface area (Å²) >= 11 is 3.27.